The number of thiazole rings is 1. The molecule has 2 aromatic heterocycles. The van der Waals surface area contributed by atoms with Crippen LogP contribution < -0.4 is 0 Å². The van der Waals surface area contributed by atoms with Crippen molar-refractivity contribution in [3.05, 3.63) is 87.6 Å². The largest absolute Gasteiger partial charge is 0.289 e. The van der Waals surface area contributed by atoms with Crippen LogP contribution in [-0.2, 0) is 0 Å². The molecule has 0 saturated heterocycles. The van der Waals surface area contributed by atoms with Crippen molar-refractivity contribution in [3.8, 4) is 22.7 Å². The second kappa shape index (κ2) is 7.41. The van der Waals surface area contributed by atoms with Crippen molar-refractivity contribution in [1.29, 1.82) is 10.5 Å². The van der Waals surface area contributed by atoms with E-state index >= 15 is 0 Å². The van der Waals surface area contributed by atoms with Gasteiger partial charge in [-0.15, -0.1) is 22.7 Å². The number of halogens is 1. The Kier molecular flexibility index (Phi) is 4.56. The average Bonchev–Trinajstić information content (AvgIpc) is 3.42. The lowest BCUT2D eigenvalue weighted by atomic mass is 9.99. The quantitative estimate of drug-likeness (QED) is 0.273. The molecule has 0 radical (unpaired) electrons. The van der Waals surface area contributed by atoms with Crippen LogP contribution >= 0.6 is 22.7 Å². The van der Waals surface area contributed by atoms with Crippen molar-refractivity contribution in [2.75, 3.05) is 0 Å². The fraction of sp³-hybridized carbons (Fsp3) is 0. The molecule has 0 spiro atoms. The first-order valence-corrected chi connectivity index (χ1v) is 10.8. The van der Waals surface area contributed by atoms with Crippen molar-refractivity contribution in [3.63, 3.8) is 0 Å². The Bertz CT molecular complexity index is 1480. The number of hydrogen-bond donors (Lipinski definition) is 0. The Morgan fingerprint density at radius 1 is 1.00 bits per heavy atom. The van der Waals surface area contributed by atoms with Gasteiger partial charge in [-0.2, -0.15) is 10.5 Å². The van der Waals surface area contributed by atoms with Crippen LogP contribution in [0, 0.1) is 28.5 Å². The SMILES string of the molecule is N#CC(C#N)=C1/C(=C/c2cc3sc(-c4ccc(F)cc4)nc3s2)C(=O)c2ccccc21. The minimum Gasteiger partial charge on any atom is -0.289 e. The van der Waals surface area contributed by atoms with E-state index in [1.54, 1.807) is 42.5 Å². The number of hydrogen-bond acceptors (Lipinski definition) is 6. The number of nitrogens with zero attached hydrogens (tertiary/aromatic N) is 3. The number of fused-ring (bicyclic) bond motifs is 2. The van der Waals surface area contributed by atoms with Gasteiger partial charge >= 0.3 is 0 Å². The standard InChI is InChI=1S/C24H10FN3OS2/c25-15-7-5-13(6-8-15)23-28-24-20(31-23)10-16(30-24)9-19-21(14(11-26)12-27)17-3-1-2-4-18(17)22(19)29/h1-10H/b19-9-. The van der Waals surface area contributed by atoms with Crippen LogP contribution in [0.3, 0.4) is 0 Å². The number of carbonyl (C=O) groups is 1. The lowest BCUT2D eigenvalue weighted by Gasteiger charge is -2.01. The topological polar surface area (TPSA) is 77.5 Å². The van der Waals surface area contributed by atoms with Crippen LogP contribution in [0.25, 0.3) is 31.8 Å². The summed E-state index contributed by atoms with van der Waals surface area (Å²) in [5, 5.41) is 19.6. The molecule has 4 nitrogen and oxygen atoms in total. The van der Waals surface area contributed by atoms with E-state index in [4.69, 9.17) is 0 Å². The monoisotopic (exact) mass is 439 g/mol. The summed E-state index contributed by atoms with van der Waals surface area (Å²) in [5.41, 5.74) is 2.57. The molecule has 2 aromatic carbocycles. The molecule has 1 aliphatic rings. The molecular weight excluding hydrogens is 429 g/mol. The van der Waals surface area contributed by atoms with Crippen molar-refractivity contribution in [2.24, 2.45) is 0 Å². The maximum absolute atomic E-state index is 13.2. The molecule has 0 atom stereocenters. The predicted molar refractivity (Wildman–Crippen MR) is 120 cm³/mol. The fourth-order valence-corrected chi connectivity index (χ4v) is 5.70. The molecule has 0 amide bonds. The molecule has 0 unspecified atom stereocenters. The van der Waals surface area contributed by atoms with Gasteiger partial charge in [-0.05, 0) is 42.0 Å². The second-order valence-corrected chi connectivity index (χ2v) is 8.84. The van der Waals surface area contributed by atoms with Gasteiger partial charge in [0.05, 0.1) is 4.70 Å². The number of ketones is 1. The van der Waals surface area contributed by atoms with Crippen molar-refractivity contribution < 1.29 is 9.18 Å². The highest BCUT2D eigenvalue weighted by atomic mass is 32.1. The molecule has 0 fully saturated rings. The number of rotatable bonds is 2. The maximum atomic E-state index is 13.2. The third-order valence-electron chi connectivity index (χ3n) is 4.91. The fourth-order valence-electron chi connectivity index (χ4n) is 3.53. The minimum absolute atomic E-state index is 0.0837. The predicted octanol–water partition coefficient (Wildman–Crippen LogP) is 6.24. The second-order valence-electron chi connectivity index (χ2n) is 6.75. The summed E-state index contributed by atoms with van der Waals surface area (Å²) in [6.07, 6.45) is 1.73. The molecule has 1 aliphatic carbocycles. The average molecular weight is 439 g/mol. The first-order chi connectivity index (χ1) is 15.1. The van der Waals surface area contributed by atoms with Gasteiger partial charge < -0.3 is 0 Å². The Hall–Kier alpha value is -3.91. The smallest absolute Gasteiger partial charge is 0.194 e. The van der Waals surface area contributed by atoms with E-state index in [0.717, 1.165) is 25.0 Å². The highest BCUT2D eigenvalue weighted by molar-refractivity contribution is 7.29. The van der Waals surface area contributed by atoms with Gasteiger partial charge in [0.25, 0.3) is 0 Å². The van der Waals surface area contributed by atoms with E-state index < -0.39 is 0 Å². The van der Waals surface area contributed by atoms with Crippen LogP contribution in [-0.4, -0.2) is 10.8 Å². The van der Waals surface area contributed by atoms with E-state index in [1.165, 1.54) is 34.8 Å². The maximum Gasteiger partial charge on any atom is 0.194 e. The number of carbonyl (C=O) groups excluding carboxylic acids is 1. The van der Waals surface area contributed by atoms with Crippen LogP contribution in [0.2, 0.25) is 0 Å². The summed E-state index contributed by atoms with van der Waals surface area (Å²) in [6.45, 7) is 0. The van der Waals surface area contributed by atoms with E-state index in [2.05, 4.69) is 4.98 Å². The summed E-state index contributed by atoms with van der Waals surface area (Å²) in [4.78, 5) is 19.3. The number of aromatic nitrogens is 1. The van der Waals surface area contributed by atoms with Crippen LogP contribution in [0.5, 0.6) is 0 Å². The van der Waals surface area contributed by atoms with Gasteiger partial charge in [0.2, 0.25) is 0 Å². The molecule has 31 heavy (non-hydrogen) atoms. The highest BCUT2D eigenvalue weighted by Crippen LogP contribution is 2.42. The molecule has 0 saturated carbocycles. The van der Waals surface area contributed by atoms with Crippen LogP contribution in [0.1, 0.15) is 20.8 Å². The molecule has 146 valence electrons. The molecule has 7 heteroatoms. The van der Waals surface area contributed by atoms with E-state index in [0.29, 0.717) is 22.3 Å². The van der Waals surface area contributed by atoms with Gasteiger partial charge in [-0.25, -0.2) is 9.37 Å². The minimum atomic E-state index is -0.295. The van der Waals surface area contributed by atoms with Crippen molar-refractivity contribution >= 4 is 49.6 Å². The Balaban J connectivity index is 1.60. The van der Waals surface area contributed by atoms with Crippen molar-refractivity contribution in [1.82, 2.24) is 4.98 Å². The Labute approximate surface area is 184 Å². The molecule has 5 rings (SSSR count). The van der Waals surface area contributed by atoms with Gasteiger partial charge in [-0.3, -0.25) is 4.79 Å². The first-order valence-electron chi connectivity index (χ1n) is 9.16. The lowest BCUT2D eigenvalue weighted by Crippen LogP contribution is -1.95. The summed E-state index contributed by atoms with van der Waals surface area (Å²) in [6, 6.07) is 18.9. The zero-order chi connectivity index (χ0) is 21.5. The molecule has 2 heterocycles. The normalized spacial score (nSPS) is 14.0. The third-order valence-corrected chi connectivity index (χ3v) is 7.07. The summed E-state index contributed by atoms with van der Waals surface area (Å²) < 4.78 is 14.1. The van der Waals surface area contributed by atoms with Gasteiger partial charge in [0, 0.05) is 27.2 Å². The molecule has 0 aliphatic heterocycles. The molecular formula is C24H10FN3OS2. The molecule has 0 N–H and O–H groups in total. The van der Waals surface area contributed by atoms with Crippen LogP contribution in [0.4, 0.5) is 4.39 Å². The summed E-state index contributed by atoms with van der Waals surface area (Å²) in [5.74, 6) is -0.499. The number of Topliss-reactive ketones (excluding diaryl/α,β-unsaturated/α-hetero) is 1. The number of benzene rings is 2. The van der Waals surface area contributed by atoms with Crippen LogP contribution in [0.15, 0.2) is 65.7 Å². The zero-order valence-electron chi connectivity index (χ0n) is 15.7. The number of allylic oxidation sites excluding steroid dienone is 3. The van der Waals surface area contributed by atoms with E-state index in [1.807, 2.05) is 18.2 Å². The lowest BCUT2D eigenvalue weighted by molar-refractivity contribution is 0.104. The highest BCUT2D eigenvalue weighted by Gasteiger charge is 2.32. The van der Waals surface area contributed by atoms with Gasteiger partial charge in [0.1, 0.15) is 33.4 Å². The first kappa shape index (κ1) is 19.1. The Morgan fingerprint density at radius 3 is 2.39 bits per heavy atom. The summed E-state index contributed by atoms with van der Waals surface area (Å²) in [7, 11) is 0. The van der Waals surface area contributed by atoms with Crippen molar-refractivity contribution in [2.45, 2.75) is 0 Å². The zero-order valence-corrected chi connectivity index (χ0v) is 17.4. The van der Waals surface area contributed by atoms with E-state index in [-0.39, 0.29) is 17.2 Å². The van der Waals surface area contributed by atoms with E-state index in [9.17, 15) is 19.7 Å². The van der Waals surface area contributed by atoms with Gasteiger partial charge in [0.15, 0.2) is 5.78 Å². The van der Waals surface area contributed by atoms with Gasteiger partial charge in [-0.1, -0.05) is 24.3 Å². The Morgan fingerprint density at radius 2 is 1.71 bits per heavy atom. The third kappa shape index (κ3) is 3.17. The number of thiophene rings is 1. The molecule has 4 aromatic rings. The number of nitriles is 2. The summed E-state index contributed by atoms with van der Waals surface area (Å²) >= 11 is 2.91. The molecule has 0 bridgehead atoms.